The number of hydrogen-bond donors (Lipinski definition) is 2. The molecule has 2 heterocycles. The van der Waals surface area contributed by atoms with Gasteiger partial charge in [0.05, 0.1) is 6.04 Å². The number of aryl methyl sites for hydroxylation is 1. The standard InChI is InChI=1S/C13H23N5O.ClH/c1-8(2)11-16-12-10(5-4-6-18(12)17-11)15-13(19)9(3)7-14;/h8-10H,4-7,14H2,1-3H3,(H,15,19);1H. The fourth-order valence-electron chi connectivity index (χ4n) is 2.17. The molecule has 20 heavy (non-hydrogen) atoms. The number of amides is 1. The molecule has 1 aliphatic rings. The maximum absolute atomic E-state index is 11.9. The van der Waals surface area contributed by atoms with E-state index in [1.807, 2.05) is 11.6 Å². The molecule has 1 amide bonds. The summed E-state index contributed by atoms with van der Waals surface area (Å²) in [5.41, 5.74) is 5.52. The first-order valence-electron chi connectivity index (χ1n) is 6.98. The third-order valence-electron chi connectivity index (χ3n) is 3.53. The maximum atomic E-state index is 11.9. The zero-order valence-corrected chi connectivity index (χ0v) is 13.1. The van der Waals surface area contributed by atoms with E-state index >= 15 is 0 Å². The fourth-order valence-corrected chi connectivity index (χ4v) is 2.17. The van der Waals surface area contributed by atoms with Crippen LogP contribution in [0.1, 0.15) is 57.2 Å². The zero-order valence-electron chi connectivity index (χ0n) is 12.3. The lowest BCUT2D eigenvalue weighted by atomic mass is 10.1. The number of halogens is 1. The van der Waals surface area contributed by atoms with Crippen molar-refractivity contribution in [2.45, 2.75) is 52.1 Å². The molecule has 2 atom stereocenters. The quantitative estimate of drug-likeness (QED) is 0.879. The van der Waals surface area contributed by atoms with Gasteiger partial charge in [0.2, 0.25) is 5.91 Å². The summed E-state index contributed by atoms with van der Waals surface area (Å²) >= 11 is 0. The smallest absolute Gasteiger partial charge is 0.224 e. The molecular weight excluding hydrogens is 278 g/mol. The van der Waals surface area contributed by atoms with Gasteiger partial charge in [0.25, 0.3) is 0 Å². The molecule has 0 radical (unpaired) electrons. The molecule has 6 nitrogen and oxygen atoms in total. The molecule has 1 aromatic rings. The van der Waals surface area contributed by atoms with Gasteiger partial charge < -0.3 is 11.1 Å². The van der Waals surface area contributed by atoms with E-state index in [0.29, 0.717) is 12.5 Å². The predicted molar refractivity (Wildman–Crippen MR) is 79.7 cm³/mol. The van der Waals surface area contributed by atoms with Crippen LogP contribution in [0.5, 0.6) is 0 Å². The molecule has 1 aliphatic heterocycles. The number of nitrogens with two attached hydrogens (primary N) is 1. The number of nitrogens with one attached hydrogen (secondary N) is 1. The largest absolute Gasteiger partial charge is 0.346 e. The minimum Gasteiger partial charge on any atom is -0.346 e. The van der Waals surface area contributed by atoms with E-state index in [2.05, 4.69) is 29.2 Å². The molecule has 0 saturated carbocycles. The van der Waals surface area contributed by atoms with E-state index in [0.717, 1.165) is 31.0 Å². The molecule has 3 N–H and O–H groups in total. The summed E-state index contributed by atoms with van der Waals surface area (Å²) in [6.45, 7) is 7.23. The number of nitrogens with zero attached hydrogens (tertiary/aromatic N) is 3. The monoisotopic (exact) mass is 301 g/mol. The van der Waals surface area contributed by atoms with Crippen molar-refractivity contribution in [2.75, 3.05) is 6.54 Å². The van der Waals surface area contributed by atoms with E-state index in [9.17, 15) is 4.79 Å². The molecule has 0 spiro atoms. The molecule has 0 aliphatic carbocycles. The minimum atomic E-state index is -0.164. The molecule has 7 heteroatoms. The first kappa shape index (κ1) is 16.9. The van der Waals surface area contributed by atoms with Crippen LogP contribution in [0.4, 0.5) is 0 Å². The van der Waals surface area contributed by atoms with Crippen LogP contribution in [-0.2, 0) is 11.3 Å². The number of carbonyl (C=O) groups excluding carboxylic acids is 1. The predicted octanol–water partition coefficient (Wildman–Crippen LogP) is 1.37. The molecule has 0 saturated heterocycles. The van der Waals surface area contributed by atoms with Crippen LogP contribution in [0.2, 0.25) is 0 Å². The molecular formula is C13H24ClN5O. The lowest BCUT2D eigenvalue weighted by Crippen LogP contribution is -2.38. The van der Waals surface area contributed by atoms with Crippen LogP contribution in [0, 0.1) is 5.92 Å². The highest BCUT2D eigenvalue weighted by Crippen LogP contribution is 2.25. The fraction of sp³-hybridized carbons (Fsp3) is 0.769. The molecule has 1 aromatic heterocycles. The van der Waals surface area contributed by atoms with Gasteiger partial charge in [-0.1, -0.05) is 20.8 Å². The summed E-state index contributed by atoms with van der Waals surface area (Å²) in [5, 5.41) is 7.54. The van der Waals surface area contributed by atoms with Crippen molar-refractivity contribution in [3.8, 4) is 0 Å². The number of carbonyl (C=O) groups is 1. The average Bonchev–Trinajstić information content (AvgIpc) is 2.83. The van der Waals surface area contributed by atoms with Crippen molar-refractivity contribution < 1.29 is 4.79 Å². The Hall–Kier alpha value is -1.14. The van der Waals surface area contributed by atoms with E-state index in [1.165, 1.54) is 0 Å². The third kappa shape index (κ3) is 3.49. The van der Waals surface area contributed by atoms with Gasteiger partial charge in [-0.15, -0.1) is 12.4 Å². The Kier molecular flexibility index (Phi) is 5.95. The second kappa shape index (κ2) is 7.04. The Balaban J connectivity index is 0.00000200. The number of fused-ring (bicyclic) bond motifs is 1. The third-order valence-corrected chi connectivity index (χ3v) is 3.53. The molecule has 114 valence electrons. The van der Waals surface area contributed by atoms with E-state index in [4.69, 9.17) is 5.73 Å². The van der Waals surface area contributed by atoms with E-state index in [1.54, 1.807) is 0 Å². The lowest BCUT2D eigenvalue weighted by molar-refractivity contribution is -0.125. The Labute approximate surface area is 125 Å². The molecule has 2 unspecified atom stereocenters. The van der Waals surface area contributed by atoms with Crippen LogP contribution in [0.3, 0.4) is 0 Å². The van der Waals surface area contributed by atoms with Gasteiger partial charge in [0.1, 0.15) is 5.82 Å². The van der Waals surface area contributed by atoms with Crippen LogP contribution in [0.25, 0.3) is 0 Å². The van der Waals surface area contributed by atoms with Gasteiger partial charge in [-0.3, -0.25) is 4.79 Å². The van der Waals surface area contributed by atoms with Gasteiger partial charge in [0.15, 0.2) is 5.82 Å². The number of hydrogen-bond acceptors (Lipinski definition) is 4. The lowest BCUT2D eigenvalue weighted by Gasteiger charge is -2.24. The van der Waals surface area contributed by atoms with Crippen molar-refractivity contribution in [3.05, 3.63) is 11.6 Å². The maximum Gasteiger partial charge on any atom is 0.224 e. The van der Waals surface area contributed by atoms with Gasteiger partial charge in [-0.2, -0.15) is 5.10 Å². The Bertz CT molecular complexity index is 460. The first-order chi connectivity index (χ1) is 9.02. The second-order valence-electron chi connectivity index (χ2n) is 5.55. The first-order valence-corrected chi connectivity index (χ1v) is 6.98. The summed E-state index contributed by atoms with van der Waals surface area (Å²) in [4.78, 5) is 16.5. The number of aromatic nitrogens is 3. The van der Waals surface area contributed by atoms with Gasteiger partial charge in [-0.25, -0.2) is 9.67 Å². The Morgan fingerprint density at radius 2 is 2.20 bits per heavy atom. The summed E-state index contributed by atoms with van der Waals surface area (Å²) in [7, 11) is 0. The molecule has 2 rings (SSSR count). The van der Waals surface area contributed by atoms with E-state index in [-0.39, 0.29) is 30.3 Å². The minimum absolute atomic E-state index is 0. The van der Waals surface area contributed by atoms with Crippen LogP contribution >= 0.6 is 12.4 Å². The molecule has 0 aromatic carbocycles. The van der Waals surface area contributed by atoms with Gasteiger partial charge in [-0.05, 0) is 12.8 Å². The summed E-state index contributed by atoms with van der Waals surface area (Å²) < 4.78 is 1.93. The molecule has 0 fully saturated rings. The summed E-state index contributed by atoms with van der Waals surface area (Å²) in [6, 6.07) is -0.0322. The van der Waals surface area contributed by atoms with Crippen LogP contribution < -0.4 is 11.1 Å². The average molecular weight is 302 g/mol. The SMILES string of the molecule is CC(CN)C(=O)NC1CCCn2nc(C(C)C)nc21.Cl. The van der Waals surface area contributed by atoms with Crippen LogP contribution in [-0.4, -0.2) is 27.2 Å². The van der Waals surface area contributed by atoms with Crippen molar-refractivity contribution >= 4 is 18.3 Å². The Morgan fingerprint density at radius 1 is 1.50 bits per heavy atom. The van der Waals surface area contributed by atoms with Crippen molar-refractivity contribution in [1.29, 1.82) is 0 Å². The highest BCUT2D eigenvalue weighted by atomic mass is 35.5. The van der Waals surface area contributed by atoms with Crippen molar-refractivity contribution in [2.24, 2.45) is 11.7 Å². The Morgan fingerprint density at radius 3 is 2.80 bits per heavy atom. The van der Waals surface area contributed by atoms with E-state index < -0.39 is 0 Å². The molecule has 0 bridgehead atoms. The second-order valence-corrected chi connectivity index (χ2v) is 5.55. The van der Waals surface area contributed by atoms with Crippen molar-refractivity contribution in [1.82, 2.24) is 20.1 Å². The normalized spacial score (nSPS) is 19.1. The highest BCUT2D eigenvalue weighted by Gasteiger charge is 2.27. The summed E-state index contributed by atoms with van der Waals surface area (Å²) in [5.74, 6) is 1.87. The van der Waals surface area contributed by atoms with Crippen LogP contribution in [0.15, 0.2) is 0 Å². The van der Waals surface area contributed by atoms with Gasteiger partial charge in [0, 0.05) is 24.9 Å². The van der Waals surface area contributed by atoms with Gasteiger partial charge >= 0.3 is 0 Å². The zero-order chi connectivity index (χ0) is 14.0. The summed E-state index contributed by atoms with van der Waals surface area (Å²) in [6.07, 6.45) is 1.93. The van der Waals surface area contributed by atoms with Crippen molar-refractivity contribution in [3.63, 3.8) is 0 Å². The number of rotatable bonds is 4. The highest BCUT2D eigenvalue weighted by molar-refractivity contribution is 5.85. The topological polar surface area (TPSA) is 85.8 Å².